The zero-order chi connectivity index (χ0) is 12.4. The molecule has 0 aliphatic heterocycles. The highest BCUT2D eigenvalue weighted by Crippen LogP contribution is 1.96. The van der Waals surface area contributed by atoms with Crippen molar-refractivity contribution in [2.45, 2.75) is 32.4 Å². The van der Waals surface area contributed by atoms with Crippen LogP contribution in [0, 0.1) is 0 Å². The molecule has 16 heavy (non-hydrogen) atoms. The third-order valence-corrected chi connectivity index (χ3v) is 2.16. The van der Waals surface area contributed by atoms with Crippen molar-refractivity contribution in [1.82, 2.24) is 5.32 Å². The number of esters is 1. The van der Waals surface area contributed by atoms with Gasteiger partial charge in [-0.05, 0) is 13.8 Å². The molecule has 0 aromatic rings. The van der Waals surface area contributed by atoms with E-state index in [9.17, 15) is 4.79 Å². The lowest BCUT2D eigenvalue weighted by atomic mass is 10.2. The molecule has 5 nitrogen and oxygen atoms in total. The maximum Gasteiger partial charge on any atom is 0.307 e. The minimum atomic E-state index is -0.178. The van der Waals surface area contributed by atoms with Crippen LogP contribution in [0.3, 0.4) is 0 Å². The molecule has 2 unspecified atom stereocenters. The second-order valence-corrected chi connectivity index (χ2v) is 3.63. The van der Waals surface area contributed by atoms with Gasteiger partial charge < -0.3 is 19.5 Å². The predicted octanol–water partition coefficient (Wildman–Crippen LogP) is 0.579. The standard InChI is InChI=1S/C11H23NO4/c1-5-16-11(13)6-9(2)12-7-10(15-4)8-14-3/h9-10,12H,5-8H2,1-4H3. The first kappa shape index (κ1) is 15.3. The van der Waals surface area contributed by atoms with E-state index in [1.54, 1.807) is 21.1 Å². The summed E-state index contributed by atoms with van der Waals surface area (Å²) in [4.78, 5) is 11.2. The number of hydrogen-bond donors (Lipinski definition) is 1. The molecule has 96 valence electrons. The fraction of sp³-hybridized carbons (Fsp3) is 0.909. The summed E-state index contributed by atoms with van der Waals surface area (Å²) in [5.74, 6) is -0.178. The Morgan fingerprint density at radius 3 is 2.56 bits per heavy atom. The minimum Gasteiger partial charge on any atom is -0.466 e. The van der Waals surface area contributed by atoms with Crippen molar-refractivity contribution >= 4 is 5.97 Å². The van der Waals surface area contributed by atoms with Crippen LogP contribution in [0.15, 0.2) is 0 Å². The van der Waals surface area contributed by atoms with Crippen LogP contribution in [0.4, 0.5) is 0 Å². The second-order valence-electron chi connectivity index (χ2n) is 3.63. The van der Waals surface area contributed by atoms with Crippen molar-refractivity contribution in [3.63, 3.8) is 0 Å². The molecule has 0 rings (SSSR count). The normalized spacial score (nSPS) is 14.5. The number of rotatable bonds is 9. The highest BCUT2D eigenvalue weighted by molar-refractivity contribution is 5.69. The van der Waals surface area contributed by atoms with Gasteiger partial charge in [0.15, 0.2) is 0 Å². The third kappa shape index (κ3) is 7.62. The Kier molecular flexibility index (Phi) is 9.18. The molecular weight excluding hydrogens is 210 g/mol. The molecule has 0 saturated heterocycles. The van der Waals surface area contributed by atoms with Gasteiger partial charge >= 0.3 is 5.97 Å². The fourth-order valence-electron chi connectivity index (χ4n) is 1.27. The van der Waals surface area contributed by atoms with Gasteiger partial charge in [-0.15, -0.1) is 0 Å². The molecular formula is C11H23NO4. The van der Waals surface area contributed by atoms with Gasteiger partial charge in [-0.25, -0.2) is 0 Å². The number of carbonyl (C=O) groups excluding carboxylic acids is 1. The number of hydrogen-bond acceptors (Lipinski definition) is 5. The zero-order valence-electron chi connectivity index (χ0n) is 10.6. The van der Waals surface area contributed by atoms with Crippen LogP contribution in [0.5, 0.6) is 0 Å². The van der Waals surface area contributed by atoms with Crippen molar-refractivity contribution in [2.24, 2.45) is 0 Å². The maximum atomic E-state index is 11.2. The first-order valence-electron chi connectivity index (χ1n) is 5.54. The van der Waals surface area contributed by atoms with E-state index in [-0.39, 0.29) is 18.1 Å². The van der Waals surface area contributed by atoms with Gasteiger partial charge in [0.05, 0.1) is 25.7 Å². The van der Waals surface area contributed by atoms with Crippen molar-refractivity contribution in [3.05, 3.63) is 0 Å². The van der Waals surface area contributed by atoms with Crippen LogP contribution < -0.4 is 5.32 Å². The Labute approximate surface area is 97.4 Å². The molecule has 0 fully saturated rings. The lowest BCUT2D eigenvalue weighted by Gasteiger charge is -2.18. The van der Waals surface area contributed by atoms with E-state index in [2.05, 4.69) is 5.32 Å². The van der Waals surface area contributed by atoms with Gasteiger partial charge in [-0.1, -0.05) is 0 Å². The molecule has 0 aromatic carbocycles. The average Bonchev–Trinajstić information content (AvgIpc) is 2.24. The average molecular weight is 233 g/mol. The van der Waals surface area contributed by atoms with E-state index in [1.807, 2.05) is 6.92 Å². The van der Waals surface area contributed by atoms with Crippen LogP contribution >= 0.6 is 0 Å². The summed E-state index contributed by atoms with van der Waals surface area (Å²) in [5, 5.41) is 3.20. The number of nitrogens with one attached hydrogen (secondary N) is 1. The molecule has 0 aromatic heterocycles. The molecule has 2 atom stereocenters. The molecule has 1 N–H and O–H groups in total. The molecule has 0 saturated carbocycles. The quantitative estimate of drug-likeness (QED) is 0.590. The van der Waals surface area contributed by atoms with Gasteiger partial charge in [0.25, 0.3) is 0 Å². The molecule has 0 heterocycles. The van der Waals surface area contributed by atoms with Gasteiger partial charge in [-0.3, -0.25) is 4.79 Å². The first-order valence-corrected chi connectivity index (χ1v) is 5.54. The molecule has 0 aliphatic rings. The maximum absolute atomic E-state index is 11.2. The molecule has 0 bridgehead atoms. The predicted molar refractivity (Wildman–Crippen MR) is 61.4 cm³/mol. The van der Waals surface area contributed by atoms with Crippen LogP contribution in [-0.2, 0) is 19.0 Å². The van der Waals surface area contributed by atoms with Gasteiger partial charge in [-0.2, -0.15) is 0 Å². The van der Waals surface area contributed by atoms with Crippen molar-refractivity contribution in [2.75, 3.05) is 34.0 Å². The molecule has 0 spiro atoms. The lowest BCUT2D eigenvalue weighted by Crippen LogP contribution is -2.38. The third-order valence-electron chi connectivity index (χ3n) is 2.16. The lowest BCUT2D eigenvalue weighted by molar-refractivity contribution is -0.143. The Bertz CT molecular complexity index is 187. The SMILES string of the molecule is CCOC(=O)CC(C)NCC(COC)OC. The summed E-state index contributed by atoms with van der Waals surface area (Å²) in [6.45, 7) is 5.36. The highest BCUT2D eigenvalue weighted by atomic mass is 16.5. The van der Waals surface area contributed by atoms with Crippen molar-refractivity contribution in [3.8, 4) is 0 Å². The van der Waals surface area contributed by atoms with E-state index in [0.29, 0.717) is 26.2 Å². The molecule has 0 aliphatic carbocycles. The minimum absolute atomic E-state index is 0.00893. The van der Waals surface area contributed by atoms with Crippen LogP contribution in [-0.4, -0.2) is 52.1 Å². The van der Waals surface area contributed by atoms with Crippen LogP contribution in [0.2, 0.25) is 0 Å². The van der Waals surface area contributed by atoms with E-state index in [4.69, 9.17) is 14.2 Å². The van der Waals surface area contributed by atoms with Crippen molar-refractivity contribution in [1.29, 1.82) is 0 Å². The Morgan fingerprint density at radius 1 is 1.38 bits per heavy atom. The summed E-state index contributed by atoms with van der Waals surface area (Å²) < 4.78 is 15.0. The number of methoxy groups -OCH3 is 2. The number of ether oxygens (including phenoxy) is 3. The van der Waals surface area contributed by atoms with E-state index in [1.165, 1.54) is 0 Å². The highest BCUT2D eigenvalue weighted by Gasteiger charge is 2.12. The van der Waals surface area contributed by atoms with Gasteiger partial charge in [0.2, 0.25) is 0 Å². The van der Waals surface area contributed by atoms with E-state index < -0.39 is 0 Å². The van der Waals surface area contributed by atoms with E-state index >= 15 is 0 Å². The summed E-state index contributed by atoms with van der Waals surface area (Å²) in [7, 11) is 3.27. The fourth-order valence-corrected chi connectivity index (χ4v) is 1.27. The van der Waals surface area contributed by atoms with Gasteiger partial charge in [0.1, 0.15) is 0 Å². The molecule has 5 heteroatoms. The zero-order valence-corrected chi connectivity index (χ0v) is 10.6. The van der Waals surface area contributed by atoms with Crippen molar-refractivity contribution < 1.29 is 19.0 Å². The Balaban J connectivity index is 3.69. The Hall–Kier alpha value is -0.650. The van der Waals surface area contributed by atoms with E-state index in [0.717, 1.165) is 0 Å². The molecule has 0 radical (unpaired) electrons. The summed E-state index contributed by atoms with van der Waals surface area (Å²) in [6.07, 6.45) is 0.381. The Morgan fingerprint density at radius 2 is 2.06 bits per heavy atom. The molecule has 0 amide bonds. The topological polar surface area (TPSA) is 56.8 Å². The summed E-state index contributed by atoms with van der Waals surface area (Å²) in [6, 6.07) is 0.0774. The monoisotopic (exact) mass is 233 g/mol. The largest absolute Gasteiger partial charge is 0.466 e. The summed E-state index contributed by atoms with van der Waals surface area (Å²) in [5.41, 5.74) is 0. The van der Waals surface area contributed by atoms with Gasteiger partial charge in [0, 0.05) is 26.8 Å². The van der Waals surface area contributed by atoms with Crippen LogP contribution in [0.1, 0.15) is 20.3 Å². The summed E-state index contributed by atoms with van der Waals surface area (Å²) >= 11 is 0. The number of carbonyl (C=O) groups is 1. The smallest absolute Gasteiger partial charge is 0.307 e. The second kappa shape index (κ2) is 9.57. The van der Waals surface area contributed by atoms with Crippen LogP contribution in [0.25, 0.3) is 0 Å². The first-order chi connectivity index (χ1) is 7.63.